The number of hydrogen-bond acceptors (Lipinski definition) is 3. The number of carbonyl (C=O) groups is 1. The first-order valence-electron chi connectivity index (χ1n) is 6.01. The molecule has 0 bridgehead atoms. The zero-order valence-electron chi connectivity index (χ0n) is 10.2. The van der Waals surface area contributed by atoms with Crippen molar-refractivity contribution in [2.24, 2.45) is 0 Å². The van der Waals surface area contributed by atoms with E-state index in [1.807, 2.05) is 6.92 Å². The third-order valence-corrected chi connectivity index (χ3v) is 2.59. The summed E-state index contributed by atoms with van der Waals surface area (Å²) in [5.74, 6) is 0.365. The lowest BCUT2D eigenvalue weighted by Gasteiger charge is -2.15. The predicted octanol–water partition coefficient (Wildman–Crippen LogP) is 1.84. The lowest BCUT2D eigenvalue weighted by Crippen LogP contribution is -2.21. The molecule has 0 rings (SSSR count). The van der Waals surface area contributed by atoms with E-state index in [1.54, 1.807) is 0 Å². The zero-order chi connectivity index (χ0) is 11.5. The SMILES string of the molecule is CCC(=O)CCCN(C)CCCCCO. The molecule has 0 aromatic carbocycles. The van der Waals surface area contributed by atoms with Crippen LogP contribution in [0.2, 0.25) is 0 Å². The van der Waals surface area contributed by atoms with Gasteiger partial charge in [0.15, 0.2) is 0 Å². The maximum Gasteiger partial charge on any atom is 0.132 e. The van der Waals surface area contributed by atoms with Crippen molar-refractivity contribution in [3.8, 4) is 0 Å². The second-order valence-electron chi connectivity index (χ2n) is 4.08. The topological polar surface area (TPSA) is 40.5 Å². The van der Waals surface area contributed by atoms with Gasteiger partial charge in [-0.15, -0.1) is 0 Å². The van der Waals surface area contributed by atoms with Crippen LogP contribution in [0, 0.1) is 0 Å². The fourth-order valence-corrected chi connectivity index (χ4v) is 1.51. The third-order valence-electron chi connectivity index (χ3n) is 2.59. The summed E-state index contributed by atoms with van der Waals surface area (Å²) in [6.45, 7) is 4.29. The van der Waals surface area contributed by atoms with Gasteiger partial charge in [0, 0.05) is 19.4 Å². The molecule has 0 heterocycles. The Hall–Kier alpha value is -0.410. The Morgan fingerprint density at radius 3 is 2.40 bits per heavy atom. The molecule has 0 amide bonds. The van der Waals surface area contributed by atoms with Crippen LogP contribution in [-0.4, -0.2) is 42.5 Å². The lowest BCUT2D eigenvalue weighted by molar-refractivity contribution is -0.118. The summed E-state index contributed by atoms with van der Waals surface area (Å²) in [5, 5.41) is 8.61. The zero-order valence-corrected chi connectivity index (χ0v) is 10.2. The fourth-order valence-electron chi connectivity index (χ4n) is 1.51. The monoisotopic (exact) mass is 215 g/mol. The van der Waals surface area contributed by atoms with Crippen molar-refractivity contribution in [2.75, 3.05) is 26.7 Å². The summed E-state index contributed by atoms with van der Waals surface area (Å²) in [6, 6.07) is 0. The molecule has 15 heavy (non-hydrogen) atoms. The van der Waals surface area contributed by atoms with Gasteiger partial charge in [-0.05, 0) is 45.8 Å². The van der Waals surface area contributed by atoms with Crippen molar-refractivity contribution in [2.45, 2.75) is 45.4 Å². The average Bonchev–Trinajstić information content (AvgIpc) is 2.24. The van der Waals surface area contributed by atoms with Crippen LogP contribution >= 0.6 is 0 Å². The van der Waals surface area contributed by atoms with Gasteiger partial charge >= 0.3 is 0 Å². The van der Waals surface area contributed by atoms with Gasteiger partial charge in [0.1, 0.15) is 5.78 Å². The molecule has 0 aromatic heterocycles. The summed E-state index contributed by atoms with van der Waals surface area (Å²) in [6.07, 6.45) is 5.50. The van der Waals surface area contributed by atoms with Gasteiger partial charge in [0.25, 0.3) is 0 Å². The minimum absolute atomic E-state index is 0.300. The molecular weight excluding hydrogens is 190 g/mol. The molecule has 0 aliphatic carbocycles. The summed E-state index contributed by atoms with van der Waals surface area (Å²) in [7, 11) is 2.09. The van der Waals surface area contributed by atoms with Crippen LogP contribution < -0.4 is 0 Å². The highest BCUT2D eigenvalue weighted by molar-refractivity contribution is 5.77. The molecule has 1 N–H and O–H groups in total. The van der Waals surface area contributed by atoms with Crippen LogP contribution in [0.4, 0.5) is 0 Å². The Bertz CT molecular complexity index is 160. The standard InChI is InChI=1S/C12H25NO2/c1-3-12(15)8-7-10-13(2)9-5-4-6-11-14/h14H,3-11H2,1-2H3. The van der Waals surface area contributed by atoms with Crippen LogP contribution in [0.5, 0.6) is 0 Å². The van der Waals surface area contributed by atoms with Gasteiger partial charge < -0.3 is 10.0 Å². The van der Waals surface area contributed by atoms with E-state index < -0.39 is 0 Å². The van der Waals surface area contributed by atoms with E-state index in [1.165, 1.54) is 0 Å². The number of aliphatic hydroxyl groups is 1. The number of aliphatic hydroxyl groups excluding tert-OH is 1. The van der Waals surface area contributed by atoms with Crippen molar-refractivity contribution >= 4 is 5.78 Å². The van der Waals surface area contributed by atoms with Gasteiger partial charge in [-0.25, -0.2) is 0 Å². The number of unbranched alkanes of at least 4 members (excludes halogenated alkanes) is 2. The smallest absolute Gasteiger partial charge is 0.132 e. The predicted molar refractivity (Wildman–Crippen MR) is 63.0 cm³/mol. The second-order valence-corrected chi connectivity index (χ2v) is 4.08. The Labute approximate surface area is 93.5 Å². The number of carbonyl (C=O) groups excluding carboxylic acids is 1. The average molecular weight is 215 g/mol. The van der Waals surface area contributed by atoms with Crippen molar-refractivity contribution in [3.63, 3.8) is 0 Å². The highest BCUT2D eigenvalue weighted by atomic mass is 16.2. The van der Waals surface area contributed by atoms with Crippen molar-refractivity contribution in [3.05, 3.63) is 0 Å². The van der Waals surface area contributed by atoms with Gasteiger partial charge in [-0.1, -0.05) is 6.92 Å². The summed E-state index contributed by atoms with van der Waals surface area (Å²) >= 11 is 0. The lowest BCUT2D eigenvalue weighted by atomic mass is 10.2. The molecule has 0 atom stereocenters. The molecular formula is C12H25NO2. The molecule has 0 spiro atoms. The van der Waals surface area contributed by atoms with E-state index in [9.17, 15) is 4.79 Å². The van der Waals surface area contributed by atoms with Crippen LogP contribution in [0.15, 0.2) is 0 Å². The third kappa shape index (κ3) is 9.88. The molecule has 0 unspecified atom stereocenters. The van der Waals surface area contributed by atoms with Crippen molar-refractivity contribution in [1.82, 2.24) is 4.90 Å². The molecule has 3 nitrogen and oxygen atoms in total. The van der Waals surface area contributed by atoms with Gasteiger partial charge in [-0.2, -0.15) is 0 Å². The van der Waals surface area contributed by atoms with Crippen LogP contribution in [0.3, 0.4) is 0 Å². The van der Waals surface area contributed by atoms with Crippen LogP contribution in [0.25, 0.3) is 0 Å². The summed E-state index contributed by atoms with van der Waals surface area (Å²) in [4.78, 5) is 13.3. The molecule has 0 aliphatic rings. The Morgan fingerprint density at radius 1 is 1.13 bits per heavy atom. The van der Waals surface area contributed by atoms with Crippen molar-refractivity contribution in [1.29, 1.82) is 0 Å². The summed E-state index contributed by atoms with van der Waals surface area (Å²) < 4.78 is 0. The maximum atomic E-state index is 11.0. The van der Waals surface area contributed by atoms with Crippen LogP contribution in [-0.2, 0) is 4.79 Å². The van der Waals surface area contributed by atoms with E-state index in [2.05, 4.69) is 11.9 Å². The molecule has 0 saturated carbocycles. The fraction of sp³-hybridized carbons (Fsp3) is 0.917. The quantitative estimate of drug-likeness (QED) is 0.565. The molecule has 0 aliphatic heterocycles. The normalized spacial score (nSPS) is 10.9. The van der Waals surface area contributed by atoms with E-state index in [0.29, 0.717) is 18.8 Å². The van der Waals surface area contributed by atoms with Gasteiger partial charge in [0.05, 0.1) is 0 Å². The van der Waals surface area contributed by atoms with E-state index in [-0.39, 0.29) is 0 Å². The number of hydrogen-bond donors (Lipinski definition) is 1. The highest BCUT2D eigenvalue weighted by Gasteiger charge is 2.01. The van der Waals surface area contributed by atoms with E-state index in [4.69, 9.17) is 5.11 Å². The van der Waals surface area contributed by atoms with Crippen molar-refractivity contribution < 1.29 is 9.90 Å². The largest absolute Gasteiger partial charge is 0.396 e. The number of ketones is 1. The minimum atomic E-state index is 0.300. The first-order valence-corrected chi connectivity index (χ1v) is 6.01. The second kappa shape index (κ2) is 10.1. The molecule has 3 heteroatoms. The number of rotatable bonds is 10. The Balaban J connectivity index is 3.25. The first-order chi connectivity index (χ1) is 7.20. The Morgan fingerprint density at radius 2 is 1.80 bits per heavy atom. The van der Waals surface area contributed by atoms with Crippen LogP contribution in [0.1, 0.15) is 45.4 Å². The van der Waals surface area contributed by atoms with Gasteiger partial charge in [-0.3, -0.25) is 4.79 Å². The number of Topliss-reactive ketones (excluding diaryl/α,β-unsaturated/α-hetero) is 1. The molecule has 0 aromatic rings. The molecule has 0 fully saturated rings. The number of nitrogens with zero attached hydrogens (tertiary/aromatic N) is 1. The highest BCUT2D eigenvalue weighted by Crippen LogP contribution is 2.00. The Kier molecular flexibility index (Phi) is 9.84. The molecule has 90 valence electrons. The molecule has 0 saturated heterocycles. The van der Waals surface area contributed by atoms with E-state index in [0.717, 1.165) is 45.2 Å². The molecule has 0 radical (unpaired) electrons. The maximum absolute atomic E-state index is 11.0. The minimum Gasteiger partial charge on any atom is -0.396 e. The first kappa shape index (κ1) is 14.6. The summed E-state index contributed by atoms with van der Waals surface area (Å²) in [5.41, 5.74) is 0. The van der Waals surface area contributed by atoms with E-state index >= 15 is 0 Å². The van der Waals surface area contributed by atoms with Gasteiger partial charge in [0.2, 0.25) is 0 Å².